The van der Waals surface area contributed by atoms with Gasteiger partial charge in [-0.1, -0.05) is 12.2 Å². The molecule has 0 aliphatic carbocycles. The molecule has 3 nitrogen and oxygen atoms in total. The maximum absolute atomic E-state index is 13.3. The Kier molecular flexibility index (Phi) is 3.52. The molecular formula is C13H15FN2O. The van der Waals surface area contributed by atoms with Gasteiger partial charge in [-0.05, 0) is 37.5 Å². The quantitative estimate of drug-likeness (QED) is 0.788. The van der Waals surface area contributed by atoms with Crippen molar-refractivity contribution in [2.45, 2.75) is 25.9 Å². The first-order chi connectivity index (χ1) is 8.22. The highest BCUT2D eigenvalue weighted by molar-refractivity contribution is 5.96. The van der Waals surface area contributed by atoms with Crippen LogP contribution >= 0.6 is 0 Å². The molecular weight excluding hydrogens is 219 g/mol. The van der Waals surface area contributed by atoms with E-state index in [2.05, 4.69) is 4.98 Å². The second-order valence-corrected chi connectivity index (χ2v) is 4.05. The number of amides is 1. The highest BCUT2D eigenvalue weighted by atomic mass is 19.1. The molecule has 17 heavy (non-hydrogen) atoms. The molecule has 2 heterocycles. The lowest BCUT2D eigenvalue weighted by molar-refractivity contribution is -0.124. The molecule has 1 unspecified atom stereocenters. The number of anilines is 1. The lowest BCUT2D eigenvalue weighted by Crippen LogP contribution is -2.42. The Balaban J connectivity index is 2.19. The Labute approximate surface area is 100.0 Å². The van der Waals surface area contributed by atoms with Crippen LogP contribution in [-0.2, 0) is 4.79 Å². The van der Waals surface area contributed by atoms with E-state index in [0.717, 1.165) is 5.56 Å². The minimum atomic E-state index is -1.37. The molecule has 0 saturated carbocycles. The smallest absolute Gasteiger partial charge is 0.262 e. The van der Waals surface area contributed by atoms with E-state index in [4.69, 9.17) is 0 Å². The summed E-state index contributed by atoms with van der Waals surface area (Å²) < 4.78 is 13.3. The first-order valence-electron chi connectivity index (χ1n) is 5.76. The maximum atomic E-state index is 13.3. The summed E-state index contributed by atoms with van der Waals surface area (Å²) in [4.78, 5) is 17.3. The standard InChI is InChI=1S/C13H15FN2O/c1-2-4-10-6-7-12(15-9-10)16-8-3-5-11(14)13(16)17/h2,4,6-7,9,11H,3,5,8H2,1H3/b4-2+. The second-order valence-electron chi connectivity index (χ2n) is 4.05. The number of carbonyl (C=O) groups is 1. The molecule has 1 aromatic heterocycles. The van der Waals surface area contributed by atoms with Crippen molar-refractivity contribution in [3.05, 3.63) is 30.0 Å². The van der Waals surface area contributed by atoms with E-state index in [9.17, 15) is 9.18 Å². The van der Waals surface area contributed by atoms with Gasteiger partial charge < -0.3 is 0 Å². The summed E-state index contributed by atoms with van der Waals surface area (Å²) in [5.41, 5.74) is 0.970. The third-order valence-electron chi connectivity index (χ3n) is 2.78. The first-order valence-corrected chi connectivity index (χ1v) is 5.76. The monoisotopic (exact) mass is 234 g/mol. The van der Waals surface area contributed by atoms with Gasteiger partial charge in [0, 0.05) is 12.7 Å². The summed E-state index contributed by atoms with van der Waals surface area (Å²) in [6, 6.07) is 3.63. The number of allylic oxidation sites excluding steroid dienone is 1. The summed E-state index contributed by atoms with van der Waals surface area (Å²) in [5, 5.41) is 0. The van der Waals surface area contributed by atoms with E-state index in [-0.39, 0.29) is 0 Å². The second kappa shape index (κ2) is 5.08. The summed E-state index contributed by atoms with van der Waals surface area (Å²) in [5.74, 6) is 0.0631. The number of pyridine rings is 1. The van der Waals surface area contributed by atoms with E-state index < -0.39 is 12.1 Å². The van der Waals surface area contributed by atoms with Crippen LogP contribution < -0.4 is 4.90 Å². The van der Waals surface area contributed by atoms with Crippen molar-refractivity contribution in [1.29, 1.82) is 0 Å². The van der Waals surface area contributed by atoms with Crippen LogP contribution in [0.25, 0.3) is 6.08 Å². The van der Waals surface area contributed by atoms with Crippen LogP contribution in [0.15, 0.2) is 24.4 Å². The number of carbonyl (C=O) groups excluding carboxylic acids is 1. The van der Waals surface area contributed by atoms with Crippen molar-refractivity contribution in [2.75, 3.05) is 11.4 Å². The number of hydrogen-bond donors (Lipinski definition) is 0. The minimum Gasteiger partial charge on any atom is -0.294 e. The van der Waals surface area contributed by atoms with Gasteiger partial charge in [-0.15, -0.1) is 0 Å². The fourth-order valence-electron chi connectivity index (χ4n) is 1.91. The highest BCUT2D eigenvalue weighted by Crippen LogP contribution is 2.21. The maximum Gasteiger partial charge on any atom is 0.262 e. The van der Waals surface area contributed by atoms with Gasteiger partial charge in [0.25, 0.3) is 5.91 Å². The summed E-state index contributed by atoms with van der Waals surface area (Å²) in [6.45, 7) is 2.48. The summed E-state index contributed by atoms with van der Waals surface area (Å²) >= 11 is 0. The lowest BCUT2D eigenvalue weighted by atomic mass is 10.1. The first kappa shape index (κ1) is 11.8. The van der Waals surface area contributed by atoms with E-state index in [1.54, 1.807) is 12.3 Å². The molecule has 1 aliphatic heterocycles. The summed E-state index contributed by atoms with van der Waals surface area (Å²) in [7, 11) is 0. The Bertz CT molecular complexity index is 428. The molecule has 1 saturated heterocycles. The van der Waals surface area contributed by atoms with Gasteiger partial charge >= 0.3 is 0 Å². The Morgan fingerprint density at radius 3 is 3.00 bits per heavy atom. The van der Waals surface area contributed by atoms with E-state index in [1.807, 2.05) is 25.1 Å². The largest absolute Gasteiger partial charge is 0.294 e. The van der Waals surface area contributed by atoms with Crippen molar-refractivity contribution in [3.63, 3.8) is 0 Å². The fraction of sp³-hybridized carbons (Fsp3) is 0.385. The third kappa shape index (κ3) is 2.52. The molecule has 1 aliphatic rings. The molecule has 1 amide bonds. The molecule has 1 atom stereocenters. The SMILES string of the molecule is C/C=C/c1ccc(N2CCCC(F)C2=O)nc1. The van der Waals surface area contributed by atoms with Crippen LogP contribution in [0.3, 0.4) is 0 Å². The molecule has 0 N–H and O–H groups in total. The van der Waals surface area contributed by atoms with Crippen molar-refractivity contribution in [2.24, 2.45) is 0 Å². The molecule has 0 aromatic carbocycles. The van der Waals surface area contributed by atoms with Gasteiger partial charge in [-0.3, -0.25) is 9.69 Å². The average molecular weight is 234 g/mol. The van der Waals surface area contributed by atoms with Crippen LogP contribution in [-0.4, -0.2) is 23.6 Å². The van der Waals surface area contributed by atoms with E-state index in [0.29, 0.717) is 25.2 Å². The minimum absolute atomic E-state index is 0.325. The third-order valence-corrected chi connectivity index (χ3v) is 2.78. The van der Waals surface area contributed by atoms with Gasteiger partial charge in [-0.2, -0.15) is 0 Å². The summed E-state index contributed by atoms with van der Waals surface area (Å²) in [6.07, 6.45) is 5.16. The van der Waals surface area contributed by atoms with Crippen LogP contribution in [0.2, 0.25) is 0 Å². The van der Waals surface area contributed by atoms with Crippen LogP contribution in [0.4, 0.5) is 10.2 Å². The number of halogens is 1. The predicted octanol–water partition coefficient (Wildman–Crippen LogP) is 2.58. The van der Waals surface area contributed by atoms with E-state index >= 15 is 0 Å². The number of rotatable bonds is 2. The zero-order valence-corrected chi connectivity index (χ0v) is 9.77. The highest BCUT2D eigenvalue weighted by Gasteiger charge is 2.29. The number of piperidine rings is 1. The average Bonchev–Trinajstić information content (AvgIpc) is 2.34. The zero-order chi connectivity index (χ0) is 12.3. The van der Waals surface area contributed by atoms with E-state index in [1.165, 1.54) is 4.90 Å². The van der Waals surface area contributed by atoms with Crippen molar-refractivity contribution < 1.29 is 9.18 Å². The topological polar surface area (TPSA) is 33.2 Å². The van der Waals surface area contributed by atoms with Gasteiger partial charge in [0.2, 0.25) is 0 Å². The molecule has 0 spiro atoms. The molecule has 1 aromatic rings. The Morgan fingerprint density at radius 1 is 1.53 bits per heavy atom. The molecule has 2 rings (SSSR count). The van der Waals surface area contributed by atoms with Gasteiger partial charge in [0.05, 0.1) is 0 Å². The molecule has 4 heteroatoms. The van der Waals surface area contributed by atoms with Gasteiger partial charge in [0.1, 0.15) is 5.82 Å². The van der Waals surface area contributed by atoms with Gasteiger partial charge in [0.15, 0.2) is 6.17 Å². The number of nitrogens with zero attached hydrogens (tertiary/aromatic N) is 2. The molecule has 0 bridgehead atoms. The predicted molar refractivity (Wildman–Crippen MR) is 65.4 cm³/mol. The number of aromatic nitrogens is 1. The van der Waals surface area contributed by atoms with Crippen molar-refractivity contribution in [1.82, 2.24) is 4.98 Å². The molecule has 90 valence electrons. The molecule has 1 fully saturated rings. The number of hydrogen-bond acceptors (Lipinski definition) is 2. The van der Waals surface area contributed by atoms with Crippen molar-refractivity contribution >= 4 is 17.8 Å². The van der Waals surface area contributed by atoms with Crippen LogP contribution in [0.1, 0.15) is 25.3 Å². The van der Waals surface area contributed by atoms with Crippen molar-refractivity contribution in [3.8, 4) is 0 Å². The fourth-order valence-corrected chi connectivity index (χ4v) is 1.91. The molecule has 0 radical (unpaired) electrons. The lowest BCUT2D eigenvalue weighted by Gasteiger charge is -2.27. The van der Waals surface area contributed by atoms with Gasteiger partial charge in [-0.25, -0.2) is 9.37 Å². The van der Waals surface area contributed by atoms with Crippen LogP contribution in [0, 0.1) is 0 Å². The van der Waals surface area contributed by atoms with Crippen LogP contribution in [0.5, 0.6) is 0 Å². The normalized spacial score (nSPS) is 21.2. The Morgan fingerprint density at radius 2 is 2.35 bits per heavy atom. The zero-order valence-electron chi connectivity index (χ0n) is 9.77. The number of alkyl halides is 1. The Hall–Kier alpha value is -1.71.